The van der Waals surface area contributed by atoms with Gasteiger partial charge in [0.2, 0.25) is 0 Å². The molecular weight excluding hydrogens is 436 g/mol. The maximum atomic E-state index is 13.1. The molecule has 2 aromatic heterocycles. The second kappa shape index (κ2) is 9.53. The Balaban J connectivity index is 1.68. The van der Waals surface area contributed by atoms with E-state index in [1.807, 2.05) is 30.3 Å². The minimum absolute atomic E-state index is 0.261. The topological polar surface area (TPSA) is 108 Å². The molecule has 0 saturated heterocycles. The standard InChI is InChI=1S/C25H24N4O5/c1-15-12-19(16(2)34-15)24(30)26-27-25(31)20-14-29(18-8-6-5-7-9-18)28-23(20)17-10-11-21(32-3)22(13-17)33-4/h5-14H,1-4H3,(H,26,30)(H,27,31). The van der Waals surface area contributed by atoms with E-state index in [1.54, 1.807) is 56.1 Å². The first-order valence-electron chi connectivity index (χ1n) is 10.5. The number of aromatic nitrogens is 2. The van der Waals surface area contributed by atoms with Crippen molar-refractivity contribution in [3.63, 3.8) is 0 Å². The molecule has 0 spiro atoms. The number of carbonyl (C=O) groups is 2. The molecule has 0 radical (unpaired) electrons. The van der Waals surface area contributed by atoms with Gasteiger partial charge in [-0.05, 0) is 50.2 Å². The van der Waals surface area contributed by atoms with Crippen molar-refractivity contribution in [3.05, 3.63) is 83.4 Å². The third-order valence-corrected chi connectivity index (χ3v) is 5.21. The van der Waals surface area contributed by atoms with Gasteiger partial charge in [-0.3, -0.25) is 20.4 Å². The van der Waals surface area contributed by atoms with Crippen molar-refractivity contribution in [2.24, 2.45) is 0 Å². The molecule has 0 atom stereocenters. The summed E-state index contributed by atoms with van der Waals surface area (Å²) in [6, 6.07) is 16.3. The number of hydrazine groups is 1. The van der Waals surface area contributed by atoms with Gasteiger partial charge < -0.3 is 13.9 Å². The molecule has 0 aliphatic rings. The van der Waals surface area contributed by atoms with Gasteiger partial charge in [0.1, 0.15) is 17.2 Å². The van der Waals surface area contributed by atoms with Crippen LogP contribution in [-0.2, 0) is 0 Å². The quantitative estimate of drug-likeness (QED) is 0.424. The van der Waals surface area contributed by atoms with Gasteiger partial charge in [-0.1, -0.05) is 18.2 Å². The number of rotatable bonds is 6. The van der Waals surface area contributed by atoms with Crippen LogP contribution < -0.4 is 20.3 Å². The van der Waals surface area contributed by atoms with Crippen LogP contribution in [0.1, 0.15) is 32.2 Å². The number of para-hydroxylation sites is 1. The Morgan fingerprint density at radius 1 is 0.882 bits per heavy atom. The van der Waals surface area contributed by atoms with Gasteiger partial charge in [0, 0.05) is 11.8 Å². The summed E-state index contributed by atoms with van der Waals surface area (Å²) in [5.41, 5.74) is 7.34. The number of amides is 2. The van der Waals surface area contributed by atoms with E-state index in [1.165, 1.54) is 7.11 Å². The number of aryl methyl sites for hydroxylation is 2. The first-order chi connectivity index (χ1) is 16.4. The van der Waals surface area contributed by atoms with Crippen molar-refractivity contribution >= 4 is 11.8 Å². The van der Waals surface area contributed by atoms with E-state index >= 15 is 0 Å². The Kier molecular flexibility index (Phi) is 6.35. The fraction of sp³-hybridized carbons (Fsp3) is 0.160. The first-order valence-corrected chi connectivity index (χ1v) is 10.5. The smallest absolute Gasteiger partial charge is 0.273 e. The Morgan fingerprint density at radius 2 is 1.56 bits per heavy atom. The van der Waals surface area contributed by atoms with Crippen molar-refractivity contribution in [2.75, 3.05) is 14.2 Å². The fourth-order valence-electron chi connectivity index (χ4n) is 3.55. The van der Waals surface area contributed by atoms with Gasteiger partial charge in [-0.2, -0.15) is 5.10 Å². The van der Waals surface area contributed by atoms with Crippen molar-refractivity contribution in [3.8, 4) is 28.4 Å². The van der Waals surface area contributed by atoms with Gasteiger partial charge in [0.25, 0.3) is 11.8 Å². The molecule has 9 heteroatoms. The van der Waals surface area contributed by atoms with Crippen LogP contribution in [0.2, 0.25) is 0 Å². The number of nitrogens with zero attached hydrogens (tertiary/aromatic N) is 2. The number of hydrogen-bond acceptors (Lipinski definition) is 6. The summed E-state index contributed by atoms with van der Waals surface area (Å²) in [6.45, 7) is 3.43. The molecule has 2 N–H and O–H groups in total. The molecule has 0 unspecified atom stereocenters. The van der Waals surface area contributed by atoms with Crippen LogP contribution in [0.4, 0.5) is 0 Å². The monoisotopic (exact) mass is 460 g/mol. The number of nitrogens with one attached hydrogen (secondary N) is 2. The number of ether oxygens (including phenoxy) is 2. The van der Waals surface area contributed by atoms with Crippen molar-refractivity contribution in [1.29, 1.82) is 0 Å². The number of carbonyl (C=O) groups excluding carboxylic acids is 2. The molecule has 174 valence electrons. The summed E-state index contributed by atoms with van der Waals surface area (Å²) in [7, 11) is 3.08. The molecule has 34 heavy (non-hydrogen) atoms. The number of methoxy groups -OCH3 is 2. The second-order valence-electron chi connectivity index (χ2n) is 7.48. The Labute approximate surface area is 196 Å². The third kappa shape index (κ3) is 4.49. The lowest BCUT2D eigenvalue weighted by molar-refractivity contribution is 0.0846. The van der Waals surface area contributed by atoms with E-state index < -0.39 is 11.8 Å². The molecule has 0 bridgehead atoms. The summed E-state index contributed by atoms with van der Waals surface area (Å²) in [5.74, 6) is 1.11. The average Bonchev–Trinajstić information content (AvgIpc) is 3.45. The molecule has 2 aromatic carbocycles. The van der Waals surface area contributed by atoms with E-state index in [4.69, 9.17) is 13.9 Å². The van der Waals surface area contributed by atoms with E-state index in [0.717, 1.165) is 5.69 Å². The number of benzene rings is 2. The zero-order valence-electron chi connectivity index (χ0n) is 19.2. The largest absolute Gasteiger partial charge is 0.493 e. The van der Waals surface area contributed by atoms with Crippen LogP contribution >= 0.6 is 0 Å². The Morgan fingerprint density at radius 3 is 2.18 bits per heavy atom. The molecule has 0 aliphatic carbocycles. The van der Waals surface area contributed by atoms with Gasteiger partial charge in [-0.15, -0.1) is 0 Å². The molecule has 0 aliphatic heterocycles. The first kappa shape index (κ1) is 22.7. The zero-order valence-corrected chi connectivity index (χ0v) is 19.2. The van der Waals surface area contributed by atoms with Gasteiger partial charge >= 0.3 is 0 Å². The van der Waals surface area contributed by atoms with E-state index in [-0.39, 0.29) is 5.56 Å². The number of hydrogen-bond donors (Lipinski definition) is 2. The SMILES string of the molecule is COc1ccc(-c2nn(-c3ccccc3)cc2C(=O)NNC(=O)c2cc(C)oc2C)cc1OC. The van der Waals surface area contributed by atoms with Crippen molar-refractivity contribution in [2.45, 2.75) is 13.8 Å². The minimum atomic E-state index is -0.529. The maximum Gasteiger partial charge on any atom is 0.273 e. The maximum absolute atomic E-state index is 13.1. The molecule has 0 saturated carbocycles. The van der Waals surface area contributed by atoms with Crippen LogP contribution in [-0.4, -0.2) is 35.8 Å². The molecule has 0 fully saturated rings. The van der Waals surface area contributed by atoms with E-state index in [0.29, 0.717) is 39.8 Å². The third-order valence-electron chi connectivity index (χ3n) is 5.21. The molecule has 9 nitrogen and oxygen atoms in total. The average molecular weight is 460 g/mol. The molecule has 4 rings (SSSR count). The zero-order chi connectivity index (χ0) is 24.2. The lowest BCUT2D eigenvalue weighted by Gasteiger charge is -2.10. The normalized spacial score (nSPS) is 10.6. The van der Waals surface area contributed by atoms with Gasteiger partial charge in [0.15, 0.2) is 11.5 Å². The highest BCUT2D eigenvalue weighted by Crippen LogP contribution is 2.33. The minimum Gasteiger partial charge on any atom is -0.493 e. The van der Waals surface area contributed by atoms with Crippen molar-refractivity contribution < 1.29 is 23.5 Å². The second-order valence-corrected chi connectivity index (χ2v) is 7.48. The summed E-state index contributed by atoms with van der Waals surface area (Å²) in [5, 5.41) is 4.64. The predicted molar refractivity (Wildman–Crippen MR) is 125 cm³/mol. The summed E-state index contributed by atoms with van der Waals surface area (Å²) >= 11 is 0. The van der Waals surface area contributed by atoms with Crippen LogP contribution in [0.25, 0.3) is 16.9 Å². The van der Waals surface area contributed by atoms with Crippen molar-refractivity contribution in [1.82, 2.24) is 20.6 Å². The summed E-state index contributed by atoms with van der Waals surface area (Å²) in [6.07, 6.45) is 1.61. The van der Waals surface area contributed by atoms with Gasteiger partial charge in [-0.25, -0.2) is 4.68 Å². The molecule has 2 amide bonds. The molecule has 4 aromatic rings. The Hall–Kier alpha value is -4.53. The highest BCUT2D eigenvalue weighted by Gasteiger charge is 2.21. The Bertz CT molecular complexity index is 1340. The predicted octanol–water partition coefficient (Wildman–Crippen LogP) is 3.84. The lowest BCUT2D eigenvalue weighted by Crippen LogP contribution is -2.41. The van der Waals surface area contributed by atoms with Gasteiger partial charge in [0.05, 0.1) is 31.0 Å². The lowest BCUT2D eigenvalue weighted by atomic mass is 10.1. The van der Waals surface area contributed by atoms with Crippen LogP contribution in [0, 0.1) is 13.8 Å². The fourth-order valence-corrected chi connectivity index (χ4v) is 3.55. The molecule has 2 heterocycles. The van der Waals surface area contributed by atoms with E-state index in [9.17, 15) is 9.59 Å². The molecular formula is C25H24N4O5. The highest BCUT2D eigenvalue weighted by atomic mass is 16.5. The highest BCUT2D eigenvalue weighted by molar-refractivity contribution is 6.02. The van der Waals surface area contributed by atoms with E-state index in [2.05, 4.69) is 16.0 Å². The number of furan rings is 1. The summed E-state index contributed by atoms with van der Waals surface area (Å²) < 4.78 is 17.7. The van der Waals surface area contributed by atoms with Crippen LogP contribution in [0.5, 0.6) is 11.5 Å². The van der Waals surface area contributed by atoms with Crippen LogP contribution in [0.15, 0.2) is 65.2 Å². The summed E-state index contributed by atoms with van der Waals surface area (Å²) in [4.78, 5) is 25.6. The van der Waals surface area contributed by atoms with Crippen LogP contribution in [0.3, 0.4) is 0 Å².